The fourth-order valence-corrected chi connectivity index (χ4v) is 1.57. The van der Waals surface area contributed by atoms with Gasteiger partial charge in [-0.15, -0.1) is 6.58 Å². The minimum atomic E-state index is -0.577. The van der Waals surface area contributed by atoms with Gasteiger partial charge in [-0.2, -0.15) is 0 Å². The normalized spacial score (nSPS) is 11.5. The fourth-order valence-electron chi connectivity index (χ4n) is 1.57. The maximum absolute atomic E-state index is 11.7. The topological polar surface area (TPSA) is 67.4 Å². The molecule has 0 radical (unpaired) electrons. The van der Waals surface area contributed by atoms with Crippen LogP contribution in [0.25, 0.3) is 0 Å². The van der Waals surface area contributed by atoms with Crippen LogP contribution < -0.4 is 10.6 Å². The van der Waals surface area contributed by atoms with E-state index >= 15 is 0 Å². The Morgan fingerprint density at radius 3 is 2.67 bits per heavy atom. The van der Waals surface area contributed by atoms with Crippen molar-refractivity contribution in [1.29, 1.82) is 0 Å². The highest BCUT2D eigenvalue weighted by molar-refractivity contribution is 5.86. The number of amides is 2. The number of rotatable bonds is 9. The number of hydrogen-bond donors (Lipinski definition) is 2. The summed E-state index contributed by atoms with van der Waals surface area (Å²) < 4.78 is 5.29. The summed E-state index contributed by atoms with van der Waals surface area (Å²) in [5, 5.41) is 5.28. The summed E-state index contributed by atoms with van der Waals surface area (Å²) >= 11 is 0. The lowest BCUT2D eigenvalue weighted by atomic mass is 10.2. The molecule has 0 saturated carbocycles. The van der Waals surface area contributed by atoms with Gasteiger partial charge in [-0.3, -0.25) is 9.59 Å². The van der Waals surface area contributed by atoms with E-state index in [1.807, 2.05) is 30.3 Å². The first-order chi connectivity index (χ1) is 10.1. The monoisotopic (exact) mass is 290 g/mol. The van der Waals surface area contributed by atoms with E-state index in [-0.39, 0.29) is 18.4 Å². The Balaban J connectivity index is 2.20. The van der Waals surface area contributed by atoms with E-state index in [1.54, 1.807) is 13.0 Å². The molecule has 0 aliphatic heterocycles. The number of benzene rings is 1. The van der Waals surface area contributed by atoms with Crippen LogP contribution in [-0.2, 0) is 20.9 Å². The lowest BCUT2D eigenvalue weighted by molar-refractivity contribution is -0.133. The molecule has 1 aromatic carbocycles. The molecule has 0 spiro atoms. The van der Waals surface area contributed by atoms with E-state index < -0.39 is 6.10 Å². The van der Waals surface area contributed by atoms with Gasteiger partial charge in [0, 0.05) is 6.54 Å². The van der Waals surface area contributed by atoms with E-state index in [0.29, 0.717) is 19.6 Å². The molecule has 21 heavy (non-hydrogen) atoms. The molecule has 1 rings (SSSR count). The van der Waals surface area contributed by atoms with E-state index in [9.17, 15) is 9.59 Å². The second-order valence-corrected chi connectivity index (χ2v) is 4.57. The first-order valence-electron chi connectivity index (χ1n) is 6.94. The molecule has 0 heterocycles. The van der Waals surface area contributed by atoms with Crippen molar-refractivity contribution >= 4 is 11.8 Å². The van der Waals surface area contributed by atoms with Gasteiger partial charge in [0.15, 0.2) is 0 Å². The minimum absolute atomic E-state index is 0.0547. The average Bonchev–Trinajstić information content (AvgIpc) is 2.51. The largest absolute Gasteiger partial charge is 0.368 e. The third-order valence-corrected chi connectivity index (χ3v) is 2.81. The van der Waals surface area contributed by atoms with Gasteiger partial charge in [0.1, 0.15) is 6.10 Å². The van der Waals surface area contributed by atoms with Gasteiger partial charge in [0.2, 0.25) is 11.8 Å². The molecule has 0 aromatic heterocycles. The highest BCUT2D eigenvalue weighted by atomic mass is 16.5. The summed E-state index contributed by atoms with van der Waals surface area (Å²) in [6.45, 7) is 6.06. The maximum Gasteiger partial charge on any atom is 0.249 e. The Morgan fingerprint density at radius 1 is 1.29 bits per heavy atom. The zero-order valence-corrected chi connectivity index (χ0v) is 12.3. The zero-order chi connectivity index (χ0) is 15.5. The Kier molecular flexibility index (Phi) is 7.82. The molecule has 5 nitrogen and oxygen atoms in total. The van der Waals surface area contributed by atoms with Crippen LogP contribution in [0.1, 0.15) is 18.9 Å². The molecule has 0 saturated heterocycles. The van der Waals surface area contributed by atoms with Crippen LogP contribution in [0.2, 0.25) is 0 Å². The van der Waals surface area contributed by atoms with E-state index in [2.05, 4.69) is 17.2 Å². The van der Waals surface area contributed by atoms with Crippen molar-refractivity contribution in [2.45, 2.75) is 26.0 Å². The summed E-state index contributed by atoms with van der Waals surface area (Å²) in [7, 11) is 0. The fraction of sp³-hybridized carbons (Fsp3) is 0.375. The van der Waals surface area contributed by atoms with Crippen molar-refractivity contribution in [3.05, 3.63) is 48.6 Å². The van der Waals surface area contributed by atoms with Crippen LogP contribution in [0.3, 0.4) is 0 Å². The molecule has 2 N–H and O–H groups in total. The zero-order valence-electron chi connectivity index (χ0n) is 12.3. The van der Waals surface area contributed by atoms with Gasteiger partial charge >= 0.3 is 0 Å². The molecule has 0 bridgehead atoms. The highest BCUT2D eigenvalue weighted by Crippen LogP contribution is 1.97. The molecule has 1 unspecified atom stereocenters. The molecule has 2 amide bonds. The first-order valence-corrected chi connectivity index (χ1v) is 6.94. The number of ether oxygens (including phenoxy) is 1. The number of carbonyl (C=O) groups is 2. The molecule has 5 heteroatoms. The van der Waals surface area contributed by atoms with Gasteiger partial charge in [0.25, 0.3) is 0 Å². The summed E-state index contributed by atoms with van der Waals surface area (Å²) in [5.41, 5.74) is 1.01. The number of hydrogen-bond acceptors (Lipinski definition) is 3. The van der Waals surface area contributed by atoms with E-state index in [4.69, 9.17) is 4.74 Å². The Bertz CT molecular complexity index is 460. The number of carbonyl (C=O) groups excluding carboxylic acids is 2. The summed E-state index contributed by atoms with van der Waals surface area (Å²) in [4.78, 5) is 23.3. The van der Waals surface area contributed by atoms with Gasteiger partial charge in [-0.1, -0.05) is 36.4 Å². The lowest BCUT2D eigenvalue weighted by Gasteiger charge is -2.12. The Hall–Kier alpha value is -2.14. The molecule has 0 fully saturated rings. The molecule has 1 atom stereocenters. The van der Waals surface area contributed by atoms with Gasteiger partial charge in [-0.25, -0.2) is 0 Å². The predicted octanol–water partition coefficient (Wildman–Crippen LogP) is 1.40. The average molecular weight is 290 g/mol. The smallest absolute Gasteiger partial charge is 0.249 e. The molecule has 1 aromatic rings. The van der Waals surface area contributed by atoms with Crippen LogP contribution in [0.5, 0.6) is 0 Å². The van der Waals surface area contributed by atoms with Gasteiger partial charge < -0.3 is 15.4 Å². The van der Waals surface area contributed by atoms with Gasteiger partial charge in [0.05, 0.1) is 13.2 Å². The molecular weight excluding hydrogens is 268 g/mol. The molecular formula is C16H22N2O3. The van der Waals surface area contributed by atoms with Crippen molar-refractivity contribution in [1.82, 2.24) is 10.6 Å². The Morgan fingerprint density at radius 2 is 2.00 bits per heavy atom. The second-order valence-electron chi connectivity index (χ2n) is 4.57. The summed E-state index contributed by atoms with van der Waals surface area (Å²) in [6.07, 6.45) is 1.84. The molecule has 114 valence electrons. The lowest BCUT2D eigenvalue weighted by Crippen LogP contribution is -2.41. The third kappa shape index (κ3) is 7.27. The maximum atomic E-state index is 11.7. The van der Waals surface area contributed by atoms with Crippen molar-refractivity contribution in [3.63, 3.8) is 0 Å². The standard InChI is InChI=1S/C16H22N2O3/c1-3-4-10-21-13(2)16(20)18-12-15(19)17-11-14-8-6-5-7-9-14/h3,5-9,13H,1,4,10-12H2,2H3,(H,17,19)(H,18,20). The van der Waals surface area contributed by atoms with Crippen molar-refractivity contribution < 1.29 is 14.3 Å². The van der Waals surface area contributed by atoms with Crippen LogP contribution in [-0.4, -0.2) is 31.1 Å². The van der Waals surface area contributed by atoms with Gasteiger partial charge in [-0.05, 0) is 18.9 Å². The predicted molar refractivity (Wildman–Crippen MR) is 81.5 cm³/mol. The first kappa shape index (κ1) is 16.9. The second kappa shape index (κ2) is 9.72. The van der Waals surface area contributed by atoms with Crippen LogP contribution in [0.15, 0.2) is 43.0 Å². The van der Waals surface area contributed by atoms with Crippen LogP contribution in [0.4, 0.5) is 0 Å². The highest BCUT2D eigenvalue weighted by Gasteiger charge is 2.13. The molecule has 0 aliphatic carbocycles. The molecule has 0 aliphatic rings. The van der Waals surface area contributed by atoms with Crippen molar-refractivity contribution in [2.24, 2.45) is 0 Å². The van der Waals surface area contributed by atoms with Crippen molar-refractivity contribution in [2.75, 3.05) is 13.2 Å². The van der Waals surface area contributed by atoms with Crippen LogP contribution in [0, 0.1) is 0 Å². The van der Waals surface area contributed by atoms with E-state index in [0.717, 1.165) is 5.56 Å². The van der Waals surface area contributed by atoms with E-state index in [1.165, 1.54) is 0 Å². The van der Waals surface area contributed by atoms with Crippen molar-refractivity contribution in [3.8, 4) is 0 Å². The summed E-state index contributed by atoms with van der Waals surface area (Å²) in [6, 6.07) is 9.58. The minimum Gasteiger partial charge on any atom is -0.368 e. The van der Waals surface area contributed by atoms with Crippen LogP contribution >= 0.6 is 0 Å². The Labute approximate surface area is 125 Å². The summed E-state index contributed by atoms with van der Waals surface area (Å²) in [5.74, 6) is -0.528. The third-order valence-electron chi connectivity index (χ3n) is 2.81. The quantitative estimate of drug-likeness (QED) is 0.533. The SMILES string of the molecule is C=CCCOC(C)C(=O)NCC(=O)NCc1ccccc1. The number of nitrogens with one attached hydrogen (secondary N) is 2.